The minimum atomic E-state index is 0.347. The van der Waals surface area contributed by atoms with Gasteiger partial charge in [0.15, 0.2) is 5.76 Å². The zero-order valence-electron chi connectivity index (χ0n) is 13.7. The van der Waals surface area contributed by atoms with E-state index in [-0.39, 0.29) is 0 Å². The van der Waals surface area contributed by atoms with Crippen LogP contribution in [-0.4, -0.2) is 25.2 Å². The van der Waals surface area contributed by atoms with E-state index in [1.165, 1.54) is 0 Å². The molecular formula is C19H17ClN2O2S. The Morgan fingerprint density at radius 1 is 1.16 bits per heavy atom. The van der Waals surface area contributed by atoms with Crippen LogP contribution in [0.15, 0.2) is 56.7 Å². The normalized spacial score (nSPS) is 12.2. The predicted octanol–water partition coefficient (Wildman–Crippen LogP) is 4.86. The van der Waals surface area contributed by atoms with Crippen LogP contribution in [0.3, 0.4) is 0 Å². The summed E-state index contributed by atoms with van der Waals surface area (Å²) in [6, 6.07) is 14.1. The molecule has 2 aromatic carbocycles. The Morgan fingerprint density at radius 3 is 2.88 bits per heavy atom. The van der Waals surface area contributed by atoms with Gasteiger partial charge >= 0.3 is 0 Å². The Balaban J connectivity index is 1.79. The van der Waals surface area contributed by atoms with Crippen molar-refractivity contribution in [2.75, 3.05) is 20.2 Å². The molecule has 6 heteroatoms. The molecule has 0 spiro atoms. The van der Waals surface area contributed by atoms with Gasteiger partial charge in [0, 0.05) is 32.5 Å². The first-order valence-electron chi connectivity index (χ1n) is 8.05. The fourth-order valence-electron chi connectivity index (χ4n) is 2.76. The number of aromatic nitrogens is 1. The first-order valence-corrected chi connectivity index (χ1v) is 9.25. The lowest BCUT2D eigenvalue weighted by Gasteiger charge is -2.06. The van der Waals surface area contributed by atoms with Gasteiger partial charge in [-0.1, -0.05) is 41.6 Å². The van der Waals surface area contributed by atoms with E-state index >= 15 is 0 Å². The highest BCUT2D eigenvalue weighted by molar-refractivity contribution is 7.99. The number of rotatable bonds is 5. The lowest BCUT2D eigenvalue weighted by Crippen LogP contribution is -2.14. The third kappa shape index (κ3) is 3.33. The van der Waals surface area contributed by atoms with Crippen LogP contribution in [0.5, 0.6) is 0 Å². The van der Waals surface area contributed by atoms with Crippen LogP contribution in [0.25, 0.3) is 22.6 Å². The van der Waals surface area contributed by atoms with Crippen molar-refractivity contribution in [2.24, 2.45) is 0 Å². The summed E-state index contributed by atoms with van der Waals surface area (Å²) >= 11 is 7.94. The molecule has 2 heterocycles. The van der Waals surface area contributed by atoms with Gasteiger partial charge in [-0.3, -0.25) is 0 Å². The highest BCUT2D eigenvalue weighted by atomic mass is 35.5. The highest BCUT2D eigenvalue weighted by Gasteiger charge is 2.25. The Labute approximate surface area is 155 Å². The standard InChI is InChI=1S/C19H17ClN2O2S/c1-21-8-9-23-11-17-22-18-13-4-2-3-5-15(13)25-16-7-6-12(20)10-14(16)19(18)24-17/h2-7,10,21H,8-9,11H2,1H3. The van der Waals surface area contributed by atoms with Crippen LogP contribution >= 0.6 is 23.4 Å². The molecule has 1 aliphatic rings. The van der Waals surface area contributed by atoms with Gasteiger partial charge in [-0.15, -0.1) is 0 Å². The summed E-state index contributed by atoms with van der Waals surface area (Å²) in [5, 5.41) is 3.73. The molecule has 1 aromatic heterocycles. The summed E-state index contributed by atoms with van der Waals surface area (Å²) < 4.78 is 11.7. The second-order valence-corrected chi connectivity index (χ2v) is 7.20. The van der Waals surface area contributed by atoms with E-state index in [0.29, 0.717) is 24.1 Å². The summed E-state index contributed by atoms with van der Waals surface area (Å²) in [5.74, 6) is 1.33. The average molecular weight is 373 g/mol. The number of oxazole rings is 1. The van der Waals surface area contributed by atoms with Gasteiger partial charge in [0.1, 0.15) is 12.3 Å². The van der Waals surface area contributed by atoms with Crippen molar-refractivity contribution >= 4 is 23.4 Å². The van der Waals surface area contributed by atoms with Crippen molar-refractivity contribution in [3.05, 3.63) is 53.4 Å². The van der Waals surface area contributed by atoms with Crippen molar-refractivity contribution < 1.29 is 9.15 Å². The lowest BCUT2D eigenvalue weighted by molar-refractivity contribution is 0.106. The molecule has 0 unspecified atom stereocenters. The SMILES string of the molecule is CNCCOCc1nc2c(o1)-c1cc(Cl)ccc1Sc1ccccc1-2. The minimum Gasteiger partial charge on any atom is -0.437 e. The Kier molecular flexibility index (Phi) is 4.81. The second-order valence-electron chi connectivity index (χ2n) is 5.68. The van der Waals surface area contributed by atoms with Gasteiger partial charge in [0.05, 0.1) is 6.61 Å². The van der Waals surface area contributed by atoms with E-state index in [1.807, 2.05) is 37.4 Å². The van der Waals surface area contributed by atoms with Gasteiger partial charge in [-0.25, -0.2) is 4.98 Å². The number of benzene rings is 2. The van der Waals surface area contributed by atoms with E-state index < -0.39 is 0 Å². The maximum atomic E-state index is 6.23. The topological polar surface area (TPSA) is 47.3 Å². The molecular weight excluding hydrogens is 356 g/mol. The number of nitrogens with one attached hydrogen (secondary N) is 1. The van der Waals surface area contributed by atoms with Crippen molar-refractivity contribution in [1.29, 1.82) is 0 Å². The molecule has 4 rings (SSSR count). The van der Waals surface area contributed by atoms with Crippen molar-refractivity contribution in [1.82, 2.24) is 10.3 Å². The van der Waals surface area contributed by atoms with E-state index in [0.717, 1.165) is 38.9 Å². The number of hydrogen-bond acceptors (Lipinski definition) is 5. The minimum absolute atomic E-state index is 0.347. The van der Waals surface area contributed by atoms with Gasteiger partial charge in [-0.05, 0) is 31.3 Å². The number of fused-ring (bicyclic) bond motifs is 5. The first kappa shape index (κ1) is 16.7. The Morgan fingerprint density at radius 2 is 2.00 bits per heavy atom. The van der Waals surface area contributed by atoms with Gasteiger partial charge in [-0.2, -0.15) is 0 Å². The zero-order valence-corrected chi connectivity index (χ0v) is 15.3. The average Bonchev–Trinajstić information content (AvgIpc) is 2.99. The van der Waals surface area contributed by atoms with Crippen LogP contribution < -0.4 is 5.32 Å². The number of halogens is 1. The number of ether oxygens (including phenoxy) is 1. The molecule has 0 bridgehead atoms. The molecule has 1 aliphatic heterocycles. The van der Waals surface area contributed by atoms with Crippen LogP contribution in [0.1, 0.15) is 5.89 Å². The van der Waals surface area contributed by atoms with Crippen LogP contribution in [0, 0.1) is 0 Å². The molecule has 25 heavy (non-hydrogen) atoms. The fraction of sp³-hybridized carbons (Fsp3) is 0.211. The monoisotopic (exact) mass is 372 g/mol. The summed E-state index contributed by atoms with van der Waals surface area (Å²) in [5.41, 5.74) is 2.88. The van der Waals surface area contributed by atoms with E-state index in [4.69, 9.17) is 25.7 Å². The molecule has 3 aromatic rings. The third-order valence-electron chi connectivity index (χ3n) is 3.94. The number of likely N-dealkylation sites (N-methyl/N-ethyl adjacent to an activating group) is 1. The third-order valence-corrected chi connectivity index (χ3v) is 5.33. The van der Waals surface area contributed by atoms with Crippen molar-refractivity contribution in [3.8, 4) is 22.6 Å². The van der Waals surface area contributed by atoms with Gasteiger partial charge < -0.3 is 14.5 Å². The molecule has 0 saturated heterocycles. The molecule has 0 atom stereocenters. The Hall–Kier alpha value is -1.79. The van der Waals surface area contributed by atoms with Gasteiger partial charge in [0.25, 0.3) is 0 Å². The predicted molar refractivity (Wildman–Crippen MR) is 100 cm³/mol. The Bertz CT molecular complexity index is 910. The van der Waals surface area contributed by atoms with E-state index in [9.17, 15) is 0 Å². The molecule has 1 N–H and O–H groups in total. The molecule has 0 amide bonds. The molecule has 4 nitrogen and oxygen atoms in total. The summed E-state index contributed by atoms with van der Waals surface area (Å²) in [4.78, 5) is 6.97. The smallest absolute Gasteiger partial charge is 0.221 e. The molecule has 0 fully saturated rings. The first-order chi connectivity index (χ1) is 12.3. The molecule has 0 radical (unpaired) electrons. The quantitative estimate of drug-likeness (QED) is 0.507. The van der Waals surface area contributed by atoms with Crippen LogP contribution in [0.2, 0.25) is 5.02 Å². The highest BCUT2D eigenvalue weighted by Crippen LogP contribution is 2.48. The lowest BCUT2D eigenvalue weighted by atomic mass is 10.1. The number of nitrogens with zero attached hydrogens (tertiary/aromatic N) is 1. The maximum Gasteiger partial charge on any atom is 0.221 e. The van der Waals surface area contributed by atoms with Crippen molar-refractivity contribution in [2.45, 2.75) is 16.4 Å². The summed E-state index contributed by atoms with van der Waals surface area (Å²) in [7, 11) is 1.89. The largest absolute Gasteiger partial charge is 0.437 e. The van der Waals surface area contributed by atoms with Gasteiger partial charge in [0.2, 0.25) is 5.89 Å². The van der Waals surface area contributed by atoms with E-state index in [2.05, 4.69) is 17.4 Å². The van der Waals surface area contributed by atoms with E-state index in [1.54, 1.807) is 11.8 Å². The zero-order chi connectivity index (χ0) is 17.2. The molecule has 0 saturated carbocycles. The molecule has 0 aliphatic carbocycles. The second kappa shape index (κ2) is 7.22. The maximum absolute atomic E-state index is 6.23. The molecule has 128 valence electrons. The summed E-state index contributed by atoms with van der Waals surface area (Å²) in [6.45, 7) is 1.75. The van der Waals surface area contributed by atoms with Crippen LogP contribution in [0.4, 0.5) is 0 Å². The fourth-order valence-corrected chi connectivity index (χ4v) is 3.99. The summed E-state index contributed by atoms with van der Waals surface area (Å²) in [6.07, 6.45) is 0. The van der Waals surface area contributed by atoms with Crippen molar-refractivity contribution in [3.63, 3.8) is 0 Å². The number of hydrogen-bond donors (Lipinski definition) is 1. The van der Waals surface area contributed by atoms with Crippen LogP contribution in [-0.2, 0) is 11.3 Å².